The van der Waals surface area contributed by atoms with Gasteiger partial charge in [0.25, 0.3) is 0 Å². The third-order valence-electron chi connectivity index (χ3n) is 4.53. The van der Waals surface area contributed by atoms with Gasteiger partial charge in [-0.3, -0.25) is 4.79 Å². The Balaban J connectivity index is 0.00000156. The Hall–Kier alpha value is -1.21. The molecule has 25 heavy (non-hydrogen) atoms. The van der Waals surface area contributed by atoms with Gasteiger partial charge in [0, 0.05) is 32.1 Å². The fourth-order valence-electron chi connectivity index (χ4n) is 3.26. The maximum absolute atomic E-state index is 12.5. The quantitative estimate of drug-likeness (QED) is 0.673. The summed E-state index contributed by atoms with van der Waals surface area (Å²) in [5.74, 6) is 1.74. The highest BCUT2D eigenvalue weighted by Gasteiger charge is 2.34. The zero-order valence-electron chi connectivity index (χ0n) is 14.4. The van der Waals surface area contributed by atoms with E-state index in [1.54, 1.807) is 7.11 Å². The predicted octanol–water partition coefficient (Wildman–Crippen LogP) is 1.33. The first-order valence-electron chi connectivity index (χ1n) is 8.29. The highest BCUT2D eigenvalue weighted by Crippen LogP contribution is 2.35. The third-order valence-corrected chi connectivity index (χ3v) is 4.53. The molecule has 6 nitrogen and oxygen atoms in total. The van der Waals surface area contributed by atoms with Crippen LogP contribution in [-0.4, -0.2) is 52.3 Å². The molecular formula is C17H27Cl2N3O3. The fourth-order valence-corrected chi connectivity index (χ4v) is 3.26. The number of nitrogens with one attached hydrogen (secondary N) is 3. The summed E-state index contributed by atoms with van der Waals surface area (Å²) in [4.78, 5) is 12.5. The number of hydrogen-bond donors (Lipinski definition) is 3. The molecule has 2 atom stereocenters. The van der Waals surface area contributed by atoms with Crippen molar-refractivity contribution in [3.63, 3.8) is 0 Å². The largest absolute Gasteiger partial charge is 0.493 e. The molecule has 2 aliphatic heterocycles. The standard InChI is InChI=1S/C17H25N3O3.2ClH/c1-22-15-4-3-12-9-16(15)23-8-7-18-5-2-6-20-17(21)14-11-19-10-13(12)14;;/h3-4,9,13-14,18-19H,2,5-8,10-11H2,1H3,(H,20,21);2*1H/t13-,14+;;/m1../s1. The molecule has 2 bridgehead atoms. The van der Waals surface area contributed by atoms with Crippen LogP contribution in [0.25, 0.3) is 0 Å². The van der Waals surface area contributed by atoms with E-state index < -0.39 is 0 Å². The van der Waals surface area contributed by atoms with Crippen LogP contribution in [0.15, 0.2) is 18.2 Å². The van der Waals surface area contributed by atoms with E-state index in [1.807, 2.05) is 18.2 Å². The van der Waals surface area contributed by atoms with Crippen molar-refractivity contribution in [2.24, 2.45) is 5.92 Å². The van der Waals surface area contributed by atoms with Gasteiger partial charge in [0.15, 0.2) is 11.5 Å². The predicted molar refractivity (Wildman–Crippen MR) is 103 cm³/mol. The smallest absolute Gasteiger partial charge is 0.225 e. The number of ether oxygens (including phenoxy) is 2. The van der Waals surface area contributed by atoms with Crippen molar-refractivity contribution in [2.45, 2.75) is 12.3 Å². The van der Waals surface area contributed by atoms with Crippen molar-refractivity contribution in [1.29, 1.82) is 0 Å². The van der Waals surface area contributed by atoms with Gasteiger partial charge in [-0.1, -0.05) is 6.07 Å². The van der Waals surface area contributed by atoms with E-state index in [1.165, 1.54) is 0 Å². The second kappa shape index (κ2) is 10.7. The summed E-state index contributed by atoms with van der Waals surface area (Å²) in [7, 11) is 1.64. The average molecular weight is 392 g/mol. The summed E-state index contributed by atoms with van der Waals surface area (Å²) in [6.45, 7) is 4.48. The first-order chi connectivity index (χ1) is 11.3. The second-order valence-electron chi connectivity index (χ2n) is 6.02. The topological polar surface area (TPSA) is 71.6 Å². The molecule has 0 aliphatic carbocycles. The van der Waals surface area contributed by atoms with E-state index in [0.717, 1.165) is 49.7 Å². The van der Waals surface area contributed by atoms with E-state index in [0.29, 0.717) is 13.2 Å². The molecule has 0 aromatic heterocycles. The number of methoxy groups -OCH3 is 1. The Labute approximate surface area is 161 Å². The van der Waals surface area contributed by atoms with Gasteiger partial charge in [-0.05, 0) is 30.7 Å². The van der Waals surface area contributed by atoms with Crippen molar-refractivity contribution in [3.05, 3.63) is 23.8 Å². The van der Waals surface area contributed by atoms with Gasteiger partial charge in [0.1, 0.15) is 6.61 Å². The van der Waals surface area contributed by atoms with Crippen LogP contribution in [0.1, 0.15) is 17.9 Å². The van der Waals surface area contributed by atoms with Gasteiger partial charge in [-0.25, -0.2) is 0 Å². The van der Waals surface area contributed by atoms with Crippen LogP contribution in [0.4, 0.5) is 0 Å². The molecule has 3 N–H and O–H groups in total. The van der Waals surface area contributed by atoms with Crippen LogP contribution in [0.2, 0.25) is 0 Å². The van der Waals surface area contributed by atoms with Gasteiger partial charge in [-0.2, -0.15) is 0 Å². The molecule has 142 valence electrons. The highest BCUT2D eigenvalue weighted by molar-refractivity contribution is 5.85. The van der Waals surface area contributed by atoms with Gasteiger partial charge in [-0.15, -0.1) is 24.8 Å². The zero-order chi connectivity index (χ0) is 16.1. The van der Waals surface area contributed by atoms with E-state index in [4.69, 9.17) is 9.47 Å². The lowest BCUT2D eigenvalue weighted by Gasteiger charge is -2.21. The molecule has 1 amide bonds. The second-order valence-corrected chi connectivity index (χ2v) is 6.02. The molecule has 3 rings (SSSR count). The minimum atomic E-state index is -0.0351. The number of halogens is 2. The first kappa shape index (κ1) is 21.8. The van der Waals surface area contributed by atoms with Crippen LogP contribution >= 0.6 is 24.8 Å². The van der Waals surface area contributed by atoms with Gasteiger partial charge >= 0.3 is 0 Å². The molecule has 0 saturated carbocycles. The van der Waals surface area contributed by atoms with E-state index >= 15 is 0 Å². The van der Waals surface area contributed by atoms with Gasteiger partial charge in [0.2, 0.25) is 5.91 Å². The maximum Gasteiger partial charge on any atom is 0.225 e. The molecule has 0 radical (unpaired) electrons. The van der Waals surface area contributed by atoms with Crippen molar-refractivity contribution < 1.29 is 14.3 Å². The normalized spacial score (nSPS) is 23.6. The number of hydrogen-bond acceptors (Lipinski definition) is 5. The number of fused-ring (bicyclic) bond motifs is 4. The lowest BCUT2D eigenvalue weighted by Crippen LogP contribution is -2.36. The Morgan fingerprint density at radius 1 is 1.08 bits per heavy atom. The van der Waals surface area contributed by atoms with Crippen LogP contribution in [-0.2, 0) is 4.79 Å². The molecule has 0 unspecified atom stereocenters. The Morgan fingerprint density at radius 2 is 1.88 bits per heavy atom. The molecule has 1 fully saturated rings. The van der Waals surface area contributed by atoms with Crippen molar-refractivity contribution >= 4 is 30.7 Å². The van der Waals surface area contributed by atoms with Crippen molar-refractivity contribution in [1.82, 2.24) is 16.0 Å². The lowest BCUT2D eigenvalue weighted by atomic mass is 9.88. The zero-order valence-corrected chi connectivity index (χ0v) is 16.0. The Kier molecular flexibility index (Phi) is 9.35. The summed E-state index contributed by atoms with van der Waals surface area (Å²) in [6, 6.07) is 5.98. The fraction of sp³-hybridized carbons (Fsp3) is 0.588. The molecule has 2 aliphatic rings. The summed E-state index contributed by atoms with van der Waals surface area (Å²) < 4.78 is 11.3. The van der Waals surface area contributed by atoms with Crippen molar-refractivity contribution in [3.8, 4) is 11.5 Å². The van der Waals surface area contributed by atoms with E-state index in [-0.39, 0.29) is 42.6 Å². The lowest BCUT2D eigenvalue weighted by molar-refractivity contribution is -0.124. The minimum Gasteiger partial charge on any atom is -0.493 e. The van der Waals surface area contributed by atoms with Crippen LogP contribution in [0, 0.1) is 5.92 Å². The van der Waals surface area contributed by atoms with Crippen LogP contribution < -0.4 is 25.4 Å². The summed E-state index contributed by atoms with van der Waals surface area (Å²) >= 11 is 0. The van der Waals surface area contributed by atoms with Gasteiger partial charge in [0.05, 0.1) is 13.0 Å². The number of benzene rings is 1. The number of carbonyl (C=O) groups excluding carboxylic acids is 1. The van der Waals surface area contributed by atoms with E-state index in [2.05, 4.69) is 16.0 Å². The molecule has 1 aromatic rings. The van der Waals surface area contributed by atoms with Crippen molar-refractivity contribution in [2.75, 3.05) is 46.4 Å². The Bertz CT molecular complexity index is 560. The molecule has 1 saturated heterocycles. The number of rotatable bonds is 1. The monoisotopic (exact) mass is 391 g/mol. The first-order valence-corrected chi connectivity index (χ1v) is 8.29. The Morgan fingerprint density at radius 3 is 2.68 bits per heavy atom. The molecular weight excluding hydrogens is 365 g/mol. The van der Waals surface area contributed by atoms with Gasteiger partial charge < -0.3 is 25.4 Å². The minimum absolute atomic E-state index is 0. The summed E-state index contributed by atoms with van der Waals surface area (Å²) in [5, 5.41) is 9.72. The number of amides is 1. The number of carbonyl (C=O) groups is 1. The van der Waals surface area contributed by atoms with Crippen LogP contribution in [0.5, 0.6) is 11.5 Å². The van der Waals surface area contributed by atoms with E-state index in [9.17, 15) is 4.79 Å². The molecule has 1 aromatic carbocycles. The third kappa shape index (κ3) is 5.38. The SMILES string of the molecule is COc1ccc2cc1OCCNCCCNC(=O)[C@H]1CNC[C@H]21.Cl.Cl. The maximum atomic E-state index is 12.5. The molecule has 2 heterocycles. The molecule has 0 spiro atoms. The average Bonchev–Trinajstić information content (AvgIpc) is 3.06. The molecule has 8 heteroatoms. The summed E-state index contributed by atoms with van der Waals surface area (Å²) in [6.07, 6.45) is 0.922. The summed E-state index contributed by atoms with van der Waals surface area (Å²) in [5.41, 5.74) is 1.12. The highest BCUT2D eigenvalue weighted by atomic mass is 35.5. The van der Waals surface area contributed by atoms with Crippen LogP contribution in [0.3, 0.4) is 0 Å².